The highest BCUT2D eigenvalue weighted by atomic mass is 35.5. The highest BCUT2D eigenvalue weighted by Crippen LogP contribution is 2.15. The molecule has 126 valence electrons. The molecule has 2 heterocycles. The molecule has 1 fully saturated rings. The minimum absolute atomic E-state index is 0. The molecule has 0 bridgehead atoms. The molecule has 2 N–H and O–H groups in total. The van der Waals surface area contributed by atoms with Crippen molar-refractivity contribution in [3.05, 3.63) is 18.0 Å². The second-order valence-corrected chi connectivity index (χ2v) is 5.19. The predicted octanol–water partition coefficient (Wildman–Crippen LogP) is 1.65. The van der Waals surface area contributed by atoms with Gasteiger partial charge in [0.15, 0.2) is 0 Å². The van der Waals surface area contributed by atoms with Crippen molar-refractivity contribution in [1.82, 2.24) is 20.6 Å². The fraction of sp³-hybridized carbons (Fsp3) is 0.643. The van der Waals surface area contributed by atoms with Gasteiger partial charge in [0.25, 0.3) is 5.91 Å². The van der Waals surface area contributed by atoms with E-state index in [1.165, 1.54) is 19.3 Å². The van der Waals surface area contributed by atoms with Crippen LogP contribution < -0.4 is 15.5 Å². The van der Waals surface area contributed by atoms with Crippen LogP contribution >= 0.6 is 24.8 Å². The summed E-state index contributed by atoms with van der Waals surface area (Å²) in [6.45, 7) is 4.54. The lowest BCUT2D eigenvalue weighted by atomic mass is 10.1. The lowest BCUT2D eigenvalue weighted by Gasteiger charge is -2.26. The van der Waals surface area contributed by atoms with Gasteiger partial charge in [-0.3, -0.25) is 4.79 Å². The number of carbonyl (C=O) groups excluding carboxylic acids is 1. The number of nitrogens with one attached hydrogen (secondary N) is 2. The van der Waals surface area contributed by atoms with Crippen LogP contribution in [0.25, 0.3) is 0 Å². The summed E-state index contributed by atoms with van der Waals surface area (Å²) in [7, 11) is 1.87. The van der Waals surface area contributed by atoms with E-state index in [0.717, 1.165) is 13.1 Å². The van der Waals surface area contributed by atoms with Crippen LogP contribution in [0.5, 0.6) is 0 Å². The van der Waals surface area contributed by atoms with Crippen molar-refractivity contribution >= 4 is 36.7 Å². The molecule has 0 aliphatic carbocycles. The first-order valence-electron chi connectivity index (χ1n) is 7.24. The van der Waals surface area contributed by atoms with Crippen LogP contribution in [0, 0.1) is 0 Å². The molecule has 6 nitrogen and oxygen atoms in total. The van der Waals surface area contributed by atoms with Gasteiger partial charge in [0.1, 0.15) is 5.69 Å². The molecule has 1 saturated heterocycles. The maximum Gasteiger partial charge on any atom is 0.270 e. The molecule has 1 aromatic rings. The Labute approximate surface area is 144 Å². The minimum atomic E-state index is -0.146. The van der Waals surface area contributed by atoms with Crippen molar-refractivity contribution in [2.75, 3.05) is 31.6 Å². The van der Waals surface area contributed by atoms with Crippen LogP contribution in [0.3, 0.4) is 0 Å². The molecular formula is C14H25Cl2N5O. The van der Waals surface area contributed by atoms with Crippen LogP contribution in [0.2, 0.25) is 0 Å². The van der Waals surface area contributed by atoms with Crippen molar-refractivity contribution < 1.29 is 4.79 Å². The third-order valence-electron chi connectivity index (χ3n) is 3.58. The van der Waals surface area contributed by atoms with Gasteiger partial charge in [-0.1, -0.05) is 0 Å². The van der Waals surface area contributed by atoms with Crippen LogP contribution in [-0.2, 0) is 0 Å². The SMILES string of the molecule is CNC(C)CNC(=O)c1ccnc(N2CCCCC2)n1.Cl.Cl. The molecular weight excluding hydrogens is 325 g/mol. The largest absolute Gasteiger partial charge is 0.349 e. The standard InChI is InChI=1S/C14H23N5O.2ClH/c1-11(15-2)10-17-13(20)12-6-7-16-14(18-12)19-8-4-3-5-9-19;;/h6-7,11,15H,3-5,8-10H2,1-2H3,(H,17,20);2*1H. The second kappa shape index (κ2) is 10.6. The first-order chi connectivity index (χ1) is 9.70. The summed E-state index contributed by atoms with van der Waals surface area (Å²) in [6.07, 6.45) is 5.25. The molecule has 1 atom stereocenters. The third kappa shape index (κ3) is 5.94. The fourth-order valence-electron chi connectivity index (χ4n) is 2.16. The smallest absolute Gasteiger partial charge is 0.270 e. The molecule has 1 unspecified atom stereocenters. The van der Waals surface area contributed by atoms with Gasteiger partial charge in [-0.25, -0.2) is 9.97 Å². The van der Waals surface area contributed by atoms with Gasteiger partial charge >= 0.3 is 0 Å². The summed E-state index contributed by atoms with van der Waals surface area (Å²) in [6, 6.07) is 1.90. The number of amides is 1. The van der Waals surface area contributed by atoms with Crippen LogP contribution in [0.4, 0.5) is 5.95 Å². The molecule has 1 amide bonds. The Hall–Kier alpha value is -1.11. The number of piperidine rings is 1. The maximum absolute atomic E-state index is 12.1. The lowest BCUT2D eigenvalue weighted by Crippen LogP contribution is -2.37. The van der Waals surface area contributed by atoms with E-state index in [-0.39, 0.29) is 36.8 Å². The van der Waals surface area contributed by atoms with E-state index in [1.807, 2.05) is 14.0 Å². The highest BCUT2D eigenvalue weighted by molar-refractivity contribution is 5.92. The number of likely N-dealkylation sites (N-methyl/N-ethyl adjacent to an activating group) is 1. The summed E-state index contributed by atoms with van der Waals surface area (Å²) in [5.74, 6) is 0.520. The molecule has 1 aliphatic heterocycles. The summed E-state index contributed by atoms with van der Waals surface area (Å²) in [5.41, 5.74) is 0.434. The van der Waals surface area contributed by atoms with E-state index < -0.39 is 0 Å². The minimum Gasteiger partial charge on any atom is -0.349 e. The summed E-state index contributed by atoms with van der Waals surface area (Å²) < 4.78 is 0. The van der Waals surface area contributed by atoms with Crippen LogP contribution in [-0.4, -0.2) is 48.6 Å². The van der Waals surface area contributed by atoms with Gasteiger partial charge < -0.3 is 15.5 Å². The van der Waals surface area contributed by atoms with Gasteiger partial charge in [-0.05, 0) is 39.3 Å². The summed E-state index contributed by atoms with van der Waals surface area (Å²) >= 11 is 0. The number of hydrogen-bond donors (Lipinski definition) is 2. The third-order valence-corrected chi connectivity index (χ3v) is 3.58. The Morgan fingerprint density at radius 1 is 1.32 bits per heavy atom. The van der Waals surface area contributed by atoms with Crippen molar-refractivity contribution in [1.29, 1.82) is 0 Å². The van der Waals surface area contributed by atoms with Gasteiger partial charge in [-0.2, -0.15) is 0 Å². The summed E-state index contributed by atoms with van der Waals surface area (Å²) in [4.78, 5) is 22.9. The zero-order valence-electron chi connectivity index (χ0n) is 13.0. The van der Waals surface area contributed by atoms with Crippen molar-refractivity contribution in [2.45, 2.75) is 32.2 Å². The Balaban J connectivity index is 0.00000220. The Morgan fingerprint density at radius 2 is 2.00 bits per heavy atom. The van der Waals surface area contributed by atoms with Gasteiger partial charge in [0, 0.05) is 31.9 Å². The zero-order chi connectivity index (χ0) is 14.4. The van der Waals surface area contributed by atoms with E-state index in [2.05, 4.69) is 25.5 Å². The van der Waals surface area contributed by atoms with E-state index in [4.69, 9.17) is 0 Å². The number of aromatic nitrogens is 2. The number of halogens is 2. The van der Waals surface area contributed by atoms with Crippen LogP contribution in [0.15, 0.2) is 12.3 Å². The monoisotopic (exact) mass is 349 g/mol. The van der Waals surface area contributed by atoms with Crippen LogP contribution in [0.1, 0.15) is 36.7 Å². The molecule has 0 radical (unpaired) electrons. The van der Waals surface area contributed by atoms with Crippen molar-refractivity contribution in [2.24, 2.45) is 0 Å². The molecule has 8 heteroatoms. The molecule has 1 aromatic heterocycles. The quantitative estimate of drug-likeness (QED) is 0.845. The number of anilines is 1. The first-order valence-corrected chi connectivity index (χ1v) is 7.24. The van der Waals surface area contributed by atoms with Crippen molar-refractivity contribution in [3.63, 3.8) is 0 Å². The number of carbonyl (C=O) groups is 1. The lowest BCUT2D eigenvalue weighted by molar-refractivity contribution is 0.0945. The van der Waals surface area contributed by atoms with E-state index in [9.17, 15) is 4.79 Å². The Kier molecular flexibility index (Phi) is 10.1. The van der Waals surface area contributed by atoms with E-state index in [0.29, 0.717) is 18.2 Å². The van der Waals surface area contributed by atoms with Gasteiger partial charge in [0.05, 0.1) is 0 Å². The van der Waals surface area contributed by atoms with Gasteiger partial charge in [0.2, 0.25) is 5.95 Å². The Bertz CT molecular complexity index is 455. The Morgan fingerprint density at radius 3 is 2.64 bits per heavy atom. The van der Waals surface area contributed by atoms with Crippen molar-refractivity contribution in [3.8, 4) is 0 Å². The normalized spacial score (nSPS) is 15.3. The summed E-state index contributed by atoms with van der Waals surface area (Å²) in [5, 5.41) is 5.95. The molecule has 22 heavy (non-hydrogen) atoms. The van der Waals surface area contributed by atoms with Gasteiger partial charge in [-0.15, -0.1) is 24.8 Å². The number of hydrogen-bond acceptors (Lipinski definition) is 5. The molecule has 1 aliphatic rings. The zero-order valence-corrected chi connectivity index (χ0v) is 14.7. The molecule has 0 spiro atoms. The molecule has 0 aromatic carbocycles. The topological polar surface area (TPSA) is 70.2 Å². The highest BCUT2D eigenvalue weighted by Gasteiger charge is 2.15. The van der Waals surface area contributed by atoms with E-state index in [1.54, 1.807) is 12.3 Å². The first kappa shape index (κ1) is 20.9. The molecule has 2 rings (SSSR count). The average Bonchev–Trinajstić information content (AvgIpc) is 2.53. The van der Waals surface area contributed by atoms with E-state index >= 15 is 0 Å². The molecule has 0 saturated carbocycles. The second-order valence-electron chi connectivity index (χ2n) is 5.19. The average molecular weight is 350 g/mol. The number of rotatable bonds is 5. The predicted molar refractivity (Wildman–Crippen MR) is 93.4 cm³/mol. The fourth-order valence-corrected chi connectivity index (χ4v) is 2.16. The maximum atomic E-state index is 12.1. The number of nitrogens with zero attached hydrogens (tertiary/aromatic N) is 3.